The van der Waals surface area contributed by atoms with Crippen LogP contribution in [0.3, 0.4) is 0 Å². The minimum atomic E-state index is 0.165. The molecule has 1 aliphatic carbocycles. The van der Waals surface area contributed by atoms with Crippen LogP contribution < -0.4 is 0 Å². The third kappa shape index (κ3) is 1.94. The molecule has 0 radical (unpaired) electrons. The lowest BCUT2D eigenvalue weighted by Crippen LogP contribution is -2.11. The van der Waals surface area contributed by atoms with Crippen molar-refractivity contribution in [2.75, 3.05) is 0 Å². The highest BCUT2D eigenvalue weighted by Crippen LogP contribution is 2.29. The number of thiophene rings is 1. The second-order valence-corrected chi connectivity index (χ2v) is 5.01. The molecule has 2 nitrogen and oxygen atoms in total. The lowest BCUT2D eigenvalue weighted by atomic mass is 9.92. The van der Waals surface area contributed by atoms with E-state index in [9.17, 15) is 4.79 Å². The Hall–Kier alpha value is -1.74. The monoisotopic (exact) mass is 241 g/mol. The first-order chi connectivity index (χ1) is 8.34. The summed E-state index contributed by atoms with van der Waals surface area (Å²) in [7, 11) is 0. The van der Waals surface area contributed by atoms with Crippen molar-refractivity contribution in [3.8, 4) is 0 Å². The molecular weight excluding hydrogens is 230 g/mol. The Morgan fingerprint density at radius 2 is 2.18 bits per heavy atom. The van der Waals surface area contributed by atoms with Gasteiger partial charge in [0.1, 0.15) is 0 Å². The van der Waals surface area contributed by atoms with Gasteiger partial charge in [0.05, 0.1) is 5.69 Å². The maximum Gasteiger partial charge on any atom is 0.190 e. The summed E-state index contributed by atoms with van der Waals surface area (Å²) in [6, 6.07) is 7.65. The van der Waals surface area contributed by atoms with Crippen LogP contribution in [0.4, 0.5) is 0 Å². The Morgan fingerprint density at radius 1 is 1.24 bits per heavy atom. The third-order valence-electron chi connectivity index (χ3n) is 2.91. The average molecular weight is 241 g/mol. The third-order valence-corrected chi connectivity index (χ3v) is 3.89. The normalized spacial score (nSPS) is 17.2. The number of ketones is 1. The van der Waals surface area contributed by atoms with Crippen LogP contribution in [0, 0.1) is 0 Å². The first kappa shape index (κ1) is 10.4. The van der Waals surface area contributed by atoms with Gasteiger partial charge in [-0.15, -0.1) is 11.3 Å². The molecule has 1 aliphatic rings. The molecule has 0 saturated carbocycles. The smallest absolute Gasteiger partial charge is 0.190 e. The zero-order valence-electron chi connectivity index (χ0n) is 9.22. The van der Waals surface area contributed by atoms with E-state index in [4.69, 9.17) is 0 Å². The quantitative estimate of drug-likeness (QED) is 0.717. The number of pyridine rings is 1. The molecular formula is C14H11NOS. The molecule has 0 fully saturated rings. The van der Waals surface area contributed by atoms with Crippen LogP contribution >= 0.6 is 11.3 Å². The number of aromatic nitrogens is 1. The van der Waals surface area contributed by atoms with Crippen molar-refractivity contribution in [2.24, 2.45) is 0 Å². The first-order valence-corrected chi connectivity index (χ1v) is 6.45. The zero-order valence-corrected chi connectivity index (χ0v) is 10.0. The van der Waals surface area contributed by atoms with Crippen LogP contribution in [0.2, 0.25) is 0 Å². The highest BCUT2D eigenvalue weighted by Gasteiger charge is 2.22. The molecule has 3 heteroatoms. The number of carbonyl (C=O) groups excluding carboxylic acids is 1. The van der Waals surface area contributed by atoms with Gasteiger partial charge < -0.3 is 0 Å². The number of nitrogens with zero attached hydrogens (tertiary/aromatic N) is 1. The summed E-state index contributed by atoms with van der Waals surface area (Å²) in [5, 5.41) is 1.99. The summed E-state index contributed by atoms with van der Waals surface area (Å²) in [4.78, 5) is 17.6. The molecule has 2 heterocycles. The zero-order chi connectivity index (χ0) is 11.7. The predicted molar refractivity (Wildman–Crippen MR) is 69.2 cm³/mol. The van der Waals surface area contributed by atoms with Gasteiger partial charge in [0.2, 0.25) is 0 Å². The van der Waals surface area contributed by atoms with E-state index < -0.39 is 0 Å². The second kappa shape index (κ2) is 4.26. The van der Waals surface area contributed by atoms with Crippen molar-refractivity contribution in [3.63, 3.8) is 0 Å². The van der Waals surface area contributed by atoms with Crippen LogP contribution in [-0.2, 0) is 6.42 Å². The molecule has 0 unspecified atom stereocenters. The lowest BCUT2D eigenvalue weighted by molar-refractivity contribution is 0.102. The fourth-order valence-electron chi connectivity index (χ4n) is 2.05. The predicted octanol–water partition coefficient (Wildman–Crippen LogP) is 3.36. The molecule has 0 spiro atoms. The molecule has 0 N–H and O–H groups in total. The molecule has 0 atom stereocenters. The highest BCUT2D eigenvalue weighted by molar-refractivity contribution is 7.10. The van der Waals surface area contributed by atoms with E-state index in [1.54, 1.807) is 17.5 Å². The largest absolute Gasteiger partial charge is 0.289 e. The molecule has 84 valence electrons. The van der Waals surface area contributed by atoms with Gasteiger partial charge in [-0.3, -0.25) is 9.78 Å². The summed E-state index contributed by atoms with van der Waals surface area (Å²) < 4.78 is 0. The van der Waals surface area contributed by atoms with Gasteiger partial charge in [0.15, 0.2) is 5.78 Å². The molecule has 2 aromatic heterocycles. The van der Waals surface area contributed by atoms with E-state index in [0.717, 1.165) is 29.7 Å². The number of aryl methyl sites for hydroxylation is 1. The minimum Gasteiger partial charge on any atom is -0.289 e. The van der Waals surface area contributed by atoms with Gasteiger partial charge in [-0.2, -0.15) is 0 Å². The Balaban J connectivity index is 1.97. The molecule has 17 heavy (non-hydrogen) atoms. The van der Waals surface area contributed by atoms with Gasteiger partial charge in [0.25, 0.3) is 0 Å². The maximum atomic E-state index is 12.2. The molecule has 0 saturated heterocycles. The minimum absolute atomic E-state index is 0.165. The number of hydrogen-bond donors (Lipinski definition) is 0. The van der Waals surface area contributed by atoms with Gasteiger partial charge in [-0.25, -0.2) is 0 Å². The number of allylic oxidation sites excluding steroid dienone is 1. The molecule has 0 aliphatic heterocycles. The number of carbonyl (C=O) groups is 1. The summed E-state index contributed by atoms with van der Waals surface area (Å²) >= 11 is 1.67. The van der Waals surface area contributed by atoms with Crippen LogP contribution in [0.25, 0.3) is 6.08 Å². The number of rotatable bonds is 1. The maximum absolute atomic E-state index is 12.2. The average Bonchev–Trinajstić information content (AvgIpc) is 2.83. The fraction of sp³-hybridized carbons (Fsp3) is 0.143. The van der Waals surface area contributed by atoms with E-state index >= 15 is 0 Å². The Morgan fingerprint density at radius 3 is 3.00 bits per heavy atom. The molecule has 0 aromatic carbocycles. The molecule has 3 rings (SSSR count). The van der Waals surface area contributed by atoms with Gasteiger partial charge in [-0.05, 0) is 42.5 Å². The van der Waals surface area contributed by atoms with E-state index in [-0.39, 0.29) is 5.78 Å². The van der Waals surface area contributed by atoms with E-state index in [0.29, 0.717) is 0 Å². The first-order valence-electron chi connectivity index (χ1n) is 5.57. The van der Waals surface area contributed by atoms with Crippen molar-refractivity contribution in [1.82, 2.24) is 4.98 Å². The molecule has 0 bridgehead atoms. The lowest BCUT2D eigenvalue weighted by Gasteiger charge is -2.13. The van der Waals surface area contributed by atoms with Gasteiger partial charge in [-0.1, -0.05) is 6.07 Å². The summed E-state index contributed by atoms with van der Waals surface area (Å²) in [5.74, 6) is 0.165. The Kier molecular flexibility index (Phi) is 2.61. The SMILES string of the molecule is O=C1/C(=C/c2ccccn2)CCc2sccc21. The van der Waals surface area contributed by atoms with E-state index in [1.807, 2.05) is 35.7 Å². The van der Waals surface area contributed by atoms with Crippen LogP contribution in [0.1, 0.15) is 27.3 Å². The summed E-state index contributed by atoms with van der Waals surface area (Å²) in [6.07, 6.45) is 5.44. The highest BCUT2D eigenvalue weighted by atomic mass is 32.1. The van der Waals surface area contributed by atoms with Crippen molar-refractivity contribution < 1.29 is 4.79 Å². The number of hydrogen-bond acceptors (Lipinski definition) is 3. The van der Waals surface area contributed by atoms with Crippen molar-refractivity contribution >= 4 is 23.2 Å². The fourth-order valence-corrected chi connectivity index (χ4v) is 2.92. The van der Waals surface area contributed by atoms with E-state index in [1.165, 1.54) is 4.88 Å². The van der Waals surface area contributed by atoms with Crippen LogP contribution in [0.15, 0.2) is 41.4 Å². The standard InChI is InChI=1S/C14H11NOS/c16-14-10(9-11-3-1-2-7-15-11)4-5-13-12(14)6-8-17-13/h1-3,6-9H,4-5H2/b10-9+. The summed E-state index contributed by atoms with van der Waals surface area (Å²) in [5.41, 5.74) is 2.60. The Bertz CT molecular complexity index is 583. The van der Waals surface area contributed by atoms with E-state index in [2.05, 4.69) is 4.98 Å². The van der Waals surface area contributed by atoms with Crippen LogP contribution in [0.5, 0.6) is 0 Å². The van der Waals surface area contributed by atoms with Gasteiger partial charge >= 0.3 is 0 Å². The molecule has 0 amide bonds. The summed E-state index contributed by atoms with van der Waals surface area (Å²) in [6.45, 7) is 0. The van der Waals surface area contributed by atoms with Crippen molar-refractivity contribution in [3.05, 3.63) is 57.6 Å². The van der Waals surface area contributed by atoms with Crippen molar-refractivity contribution in [2.45, 2.75) is 12.8 Å². The van der Waals surface area contributed by atoms with Gasteiger partial charge in [0, 0.05) is 22.2 Å². The topological polar surface area (TPSA) is 30.0 Å². The van der Waals surface area contributed by atoms with Crippen LogP contribution in [-0.4, -0.2) is 10.8 Å². The van der Waals surface area contributed by atoms with Crippen molar-refractivity contribution in [1.29, 1.82) is 0 Å². The second-order valence-electron chi connectivity index (χ2n) is 4.01. The Labute approximate surface area is 104 Å². The number of Topliss-reactive ketones (excluding diaryl/α,β-unsaturated/α-hetero) is 1. The molecule has 2 aromatic rings. The number of fused-ring (bicyclic) bond motifs is 1.